The van der Waals surface area contributed by atoms with Crippen LogP contribution in [0.4, 0.5) is 14.6 Å². The van der Waals surface area contributed by atoms with Crippen molar-refractivity contribution < 1.29 is 18.7 Å². The van der Waals surface area contributed by atoms with Crippen LogP contribution in [-0.2, 0) is 17.6 Å². The molecule has 8 heteroatoms. The first kappa shape index (κ1) is 22.2. The van der Waals surface area contributed by atoms with Gasteiger partial charge in [0.25, 0.3) is 6.43 Å². The van der Waals surface area contributed by atoms with E-state index in [1.54, 1.807) is 4.90 Å². The van der Waals surface area contributed by atoms with Crippen LogP contribution in [0.2, 0.25) is 0 Å². The smallest absolute Gasteiger partial charge is 0.320 e. The average Bonchev–Trinajstić information content (AvgIpc) is 2.61. The number of aliphatic carboxylic acids is 1. The van der Waals surface area contributed by atoms with Crippen LogP contribution in [0.1, 0.15) is 37.4 Å². The normalized spacial score (nSPS) is 12.6. The fourth-order valence-corrected chi connectivity index (χ4v) is 2.75. The second kappa shape index (κ2) is 11.7. The summed E-state index contributed by atoms with van der Waals surface area (Å²) in [7, 11) is 1.84. The molecule has 0 saturated heterocycles. The topological polar surface area (TPSA) is 91.5 Å². The molecule has 1 atom stereocenters. The molecule has 0 fully saturated rings. The molecule has 0 aliphatic rings. The van der Waals surface area contributed by atoms with Crippen molar-refractivity contribution in [1.82, 2.24) is 9.88 Å². The monoisotopic (exact) mass is 372 g/mol. The number of unbranched alkanes of at least 4 members (excludes halogenated alkanes) is 1. The summed E-state index contributed by atoms with van der Waals surface area (Å²) in [5, 5.41) is 11.9. The molecule has 1 aromatic heterocycles. The van der Waals surface area contributed by atoms with E-state index < -0.39 is 18.4 Å². The van der Waals surface area contributed by atoms with E-state index >= 15 is 0 Å². The fourth-order valence-electron chi connectivity index (χ4n) is 2.75. The number of halogens is 2. The van der Waals surface area contributed by atoms with Gasteiger partial charge < -0.3 is 16.2 Å². The number of hydrogen-bond acceptors (Lipinski definition) is 5. The number of carboxylic acids is 1. The van der Waals surface area contributed by atoms with E-state index in [0.717, 1.165) is 42.8 Å². The maximum Gasteiger partial charge on any atom is 0.320 e. The molecule has 1 aromatic rings. The molecule has 0 aromatic carbocycles. The molecule has 0 bridgehead atoms. The highest BCUT2D eigenvalue weighted by atomic mass is 19.3. The number of hydrogen-bond donors (Lipinski definition) is 3. The molecule has 0 amide bonds. The van der Waals surface area contributed by atoms with E-state index in [-0.39, 0.29) is 19.5 Å². The molecule has 6 nitrogen and oxygen atoms in total. The molecule has 0 spiro atoms. The van der Waals surface area contributed by atoms with Crippen LogP contribution in [0.5, 0.6) is 0 Å². The molecule has 1 unspecified atom stereocenters. The van der Waals surface area contributed by atoms with E-state index in [9.17, 15) is 13.6 Å². The Balaban J connectivity index is 2.45. The van der Waals surface area contributed by atoms with Gasteiger partial charge in [0.2, 0.25) is 0 Å². The van der Waals surface area contributed by atoms with Crippen molar-refractivity contribution in [1.29, 1.82) is 0 Å². The van der Waals surface area contributed by atoms with Crippen LogP contribution in [-0.4, -0.2) is 60.1 Å². The SMILES string of the molecule is CCc1ccc(CCCCN(CCC(N)C(=O)O)CC(F)F)nc1NC. The van der Waals surface area contributed by atoms with Crippen LogP contribution in [0.25, 0.3) is 0 Å². The zero-order valence-electron chi connectivity index (χ0n) is 15.5. The van der Waals surface area contributed by atoms with Crippen LogP contribution >= 0.6 is 0 Å². The number of aryl methyl sites for hydroxylation is 2. The molecule has 0 radical (unpaired) electrons. The highest BCUT2D eigenvalue weighted by molar-refractivity contribution is 5.72. The second-order valence-corrected chi connectivity index (χ2v) is 6.30. The van der Waals surface area contributed by atoms with Gasteiger partial charge in [-0.15, -0.1) is 0 Å². The lowest BCUT2D eigenvalue weighted by Crippen LogP contribution is -2.37. The maximum absolute atomic E-state index is 12.7. The maximum atomic E-state index is 12.7. The Bertz CT molecular complexity index is 558. The van der Waals surface area contributed by atoms with Crippen molar-refractivity contribution >= 4 is 11.8 Å². The third-order valence-corrected chi connectivity index (χ3v) is 4.28. The molecule has 0 aliphatic carbocycles. The van der Waals surface area contributed by atoms with Gasteiger partial charge in [0.05, 0.1) is 6.54 Å². The Morgan fingerprint density at radius 3 is 2.65 bits per heavy atom. The van der Waals surface area contributed by atoms with E-state index in [4.69, 9.17) is 10.8 Å². The number of carbonyl (C=O) groups is 1. The van der Waals surface area contributed by atoms with Crippen molar-refractivity contribution in [2.75, 3.05) is 32.0 Å². The van der Waals surface area contributed by atoms with E-state index in [1.807, 2.05) is 13.1 Å². The quantitative estimate of drug-likeness (QED) is 0.461. The van der Waals surface area contributed by atoms with Crippen LogP contribution in [0, 0.1) is 0 Å². The lowest BCUT2D eigenvalue weighted by Gasteiger charge is -2.22. The summed E-state index contributed by atoms with van der Waals surface area (Å²) < 4.78 is 25.4. The standard InChI is InChI=1S/C18H30F2N4O2/c1-3-13-7-8-14(23-17(13)22-2)6-4-5-10-24(12-16(19)20)11-9-15(21)18(25)26/h7-8,15-16H,3-6,9-12,21H2,1-2H3,(H,22,23)(H,25,26). The van der Waals surface area contributed by atoms with Gasteiger partial charge in [0.15, 0.2) is 0 Å². The Morgan fingerprint density at radius 1 is 1.35 bits per heavy atom. The Hall–Kier alpha value is -1.80. The van der Waals surface area contributed by atoms with Gasteiger partial charge in [-0.1, -0.05) is 13.0 Å². The molecule has 4 N–H and O–H groups in total. The first-order valence-corrected chi connectivity index (χ1v) is 9.02. The number of rotatable bonds is 13. The number of nitrogens with one attached hydrogen (secondary N) is 1. The summed E-state index contributed by atoms with van der Waals surface area (Å²) in [6.07, 6.45) is 0.957. The highest BCUT2D eigenvalue weighted by Crippen LogP contribution is 2.15. The average molecular weight is 372 g/mol. The first-order valence-electron chi connectivity index (χ1n) is 9.02. The number of carboxylic acid groups (broad SMARTS) is 1. The van der Waals surface area contributed by atoms with Gasteiger partial charge in [-0.05, 0) is 50.3 Å². The molecular formula is C18H30F2N4O2. The Morgan fingerprint density at radius 2 is 2.08 bits per heavy atom. The van der Waals surface area contributed by atoms with Crippen LogP contribution in [0.15, 0.2) is 12.1 Å². The van der Waals surface area contributed by atoms with Crippen molar-refractivity contribution in [3.8, 4) is 0 Å². The van der Waals surface area contributed by atoms with Gasteiger partial charge in [-0.2, -0.15) is 0 Å². The van der Waals surface area contributed by atoms with Gasteiger partial charge in [0, 0.05) is 19.3 Å². The predicted octanol–water partition coefficient (Wildman–Crippen LogP) is 2.38. The molecule has 148 valence electrons. The second-order valence-electron chi connectivity index (χ2n) is 6.30. The highest BCUT2D eigenvalue weighted by Gasteiger charge is 2.16. The number of pyridine rings is 1. The van der Waals surface area contributed by atoms with E-state index in [1.165, 1.54) is 0 Å². The third-order valence-electron chi connectivity index (χ3n) is 4.28. The zero-order valence-corrected chi connectivity index (χ0v) is 15.5. The fraction of sp³-hybridized carbons (Fsp3) is 0.667. The van der Waals surface area contributed by atoms with E-state index in [0.29, 0.717) is 6.54 Å². The minimum atomic E-state index is -2.45. The molecule has 0 aliphatic heterocycles. The Kier molecular flexibility index (Phi) is 10.0. The summed E-state index contributed by atoms with van der Waals surface area (Å²) in [6.45, 7) is 2.46. The lowest BCUT2D eigenvalue weighted by molar-refractivity contribution is -0.138. The summed E-state index contributed by atoms with van der Waals surface area (Å²) in [4.78, 5) is 16.9. The Labute approximate surface area is 153 Å². The minimum Gasteiger partial charge on any atom is -0.480 e. The van der Waals surface area contributed by atoms with Crippen molar-refractivity contribution in [2.45, 2.75) is 51.5 Å². The largest absolute Gasteiger partial charge is 0.480 e. The minimum absolute atomic E-state index is 0.160. The number of aromatic nitrogens is 1. The number of nitrogens with two attached hydrogens (primary N) is 1. The lowest BCUT2D eigenvalue weighted by atomic mass is 10.1. The van der Waals surface area contributed by atoms with Crippen LogP contribution < -0.4 is 11.1 Å². The molecular weight excluding hydrogens is 342 g/mol. The van der Waals surface area contributed by atoms with Crippen molar-refractivity contribution in [3.05, 3.63) is 23.4 Å². The molecule has 1 rings (SSSR count). The molecule has 26 heavy (non-hydrogen) atoms. The van der Waals surface area contributed by atoms with Gasteiger partial charge >= 0.3 is 5.97 Å². The predicted molar refractivity (Wildman–Crippen MR) is 98.8 cm³/mol. The summed E-state index contributed by atoms with van der Waals surface area (Å²) >= 11 is 0. The van der Waals surface area contributed by atoms with Gasteiger partial charge in [-0.3, -0.25) is 9.69 Å². The van der Waals surface area contributed by atoms with Gasteiger partial charge in [0.1, 0.15) is 11.9 Å². The van der Waals surface area contributed by atoms with Crippen molar-refractivity contribution in [2.24, 2.45) is 5.73 Å². The number of alkyl halides is 2. The summed E-state index contributed by atoms with van der Waals surface area (Å²) in [5.74, 6) is -0.226. The first-order chi connectivity index (χ1) is 12.4. The van der Waals surface area contributed by atoms with Crippen molar-refractivity contribution in [3.63, 3.8) is 0 Å². The molecule has 1 heterocycles. The number of nitrogens with zero attached hydrogens (tertiary/aromatic N) is 2. The van der Waals surface area contributed by atoms with Crippen LogP contribution in [0.3, 0.4) is 0 Å². The summed E-state index contributed by atoms with van der Waals surface area (Å²) in [5.41, 5.74) is 7.58. The van der Waals surface area contributed by atoms with Gasteiger partial charge in [-0.25, -0.2) is 13.8 Å². The summed E-state index contributed by atoms with van der Waals surface area (Å²) in [6, 6.07) is 3.05. The zero-order chi connectivity index (χ0) is 19.5. The number of anilines is 1. The molecule has 0 saturated carbocycles. The third kappa shape index (κ3) is 8.05. The van der Waals surface area contributed by atoms with E-state index in [2.05, 4.69) is 23.3 Å².